The number of carbonyl (C=O) groups is 6. The van der Waals surface area contributed by atoms with Gasteiger partial charge in [0.25, 0.3) is 5.91 Å². The molecule has 48 heavy (non-hydrogen) atoms. The van der Waals surface area contributed by atoms with E-state index in [-0.39, 0.29) is 57.1 Å². The van der Waals surface area contributed by atoms with E-state index in [1.165, 1.54) is 11.2 Å². The topological polar surface area (TPSA) is 214 Å². The first-order valence-electron chi connectivity index (χ1n) is 16.0. The molecule has 1 saturated heterocycles. The van der Waals surface area contributed by atoms with Crippen LogP contribution in [-0.4, -0.2) is 98.4 Å². The second-order valence-corrected chi connectivity index (χ2v) is 11.5. The molecular weight excluding hydrogens is 622 g/mol. The van der Waals surface area contributed by atoms with Gasteiger partial charge in [0.2, 0.25) is 29.5 Å². The lowest BCUT2D eigenvalue weighted by atomic mass is 9.96. The molecular formula is C33H43N7O8. The van der Waals surface area contributed by atoms with Gasteiger partial charge >= 0.3 is 0 Å². The maximum absolute atomic E-state index is 13.5. The average molecular weight is 666 g/mol. The number of amides is 6. The summed E-state index contributed by atoms with van der Waals surface area (Å²) in [5, 5.41) is 13.7. The minimum Gasteiger partial charge on any atom is -0.469 e. The minimum absolute atomic E-state index is 0.0140. The van der Waals surface area contributed by atoms with Crippen LogP contribution in [0.3, 0.4) is 0 Å². The van der Waals surface area contributed by atoms with Crippen LogP contribution >= 0.6 is 0 Å². The number of ether oxygens (including phenoxy) is 1. The van der Waals surface area contributed by atoms with Gasteiger partial charge in [-0.05, 0) is 43.0 Å². The van der Waals surface area contributed by atoms with Crippen molar-refractivity contribution in [3.63, 3.8) is 0 Å². The lowest BCUT2D eigenvalue weighted by Crippen LogP contribution is -2.52. The molecule has 2 aromatic rings. The first kappa shape index (κ1) is 35.8. The average Bonchev–Trinajstić information content (AvgIpc) is 3.61. The van der Waals surface area contributed by atoms with Crippen LogP contribution in [0.4, 0.5) is 0 Å². The van der Waals surface area contributed by atoms with Crippen molar-refractivity contribution in [2.75, 3.05) is 45.9 Å². The molecule has 0 radical (unpaired) electrons. The summed E-state index contributed by atoms with van der Waals surface area (Å²) in [6, 6.07) is 7.96. The van der Waals surface area contributed by atoms with Gasteiger partial charge in [0.1, 0.15) is 17.8 Å². The maximum Gasteiger partial charge on any atom is 0.252 e. The van der Waals surface area contributed by atoms with Crippen molar-refractivity contribution >= 4 is 35.4 Å². The molecule has 0 spiro atoms. The van der Waals surface area contributed by atoms with E-state index in [0.717, 1.165) is 12.2 Å². The Bertz CT molecular complexity index is 1460. The Balaban J connectivity index is 1.57. The highest BCUT2D eigenvalue weighted by atomic mass is 16.5. The highest BCUT2D eigenvalue weighted by Gasteiger charge is 2.31. The fraction of sp³-hybridized carbons (Fsp3) is 0.455. The van der Waals surface area contributed by atoms with E-state index in [4.69, 9.17) is 14.9 Å². The Labute approximate surface area is 278 Å². The quantitative estimate of drug-likeness (QED) is 0.193. The van der Waals surface area contributed by atoms with Crippen molar-refractivity contribution in [1.82, 2.24) is 31.5 Å². The first-order chi connectivity index (χ1) is 23.2. The number of benzene rings is 1. The van der Waals surface area contributed by atoms with Gasteiger partial charge in [-0.3, -0.25) is 28.8 Å². The molecule has 1 aromatic carbocycles. The summed E-state index contributed by atoms with van der Waals surface area (Å²) < 4.78 is 10.7. The van der Waals surface area contributed by atoms with Crippen LogP contribution in [0, 0.1) is 5.92 Å². The van der Waals surface area contributed by atoms with E-state index >= 15 is 0 Å². The number of hydrogen-bond donors (Lipinski definition) is 6. The summed E-state index contributed by atoms with van der Waals surface area (Å²) in [5.74, 6) is -3.00. The van der Waals surface area contributed by atoms with Gasteiger partial charge in [0, 0.05) is 63.4 Å². The van der Waals surface area contributed by atoms with Gasteiger partial charge in [-0.15, -0.1) is 0 Å². The molecule has 1 fully saturated rings. The highest BCUT2D eigenvalue weighted by molar-refractivity contribution is 5.99. The number of nitrogens with one attached hydrogen (secondary N) is 5. The zero-order valence-electron chi connectivity index (χ0n) is 26.7. The van der Waals surface area contributed by atoms with Crippen LogP contribution in [0.2, 0.25) is 0 Å². The number of piperidine rings is 1. The maximum atomic E-state index is 13.5. The molecule has 6 amide bonds. The molecule has 2 aliphatic rings. The van der Waals surface area contributed by atoms with Crippen LogP contribution in [0.1, 0.15) is 40.9 Å². The van der Waals surface area contributed by atoms with Crippen molar-refractivity contribution in [3.05, 3.63) is 71.7 Å². The van der Waals surface area contributed by atoms with E-state index in [9.17, 15) is 28.8 Å². The van der Waals surface area contributed by atoms with Crippen LogP contribution in [-0.2, 0) is 41.7 Å². The fourth-order valence-corrected chi connectivity index (χ4v) is 5.43. The third kappa shape index (κ3) is 10.8. The highest BCUT2D eigenvalue weighted by Crippen LogP contribution is 2.18. The summed E-state index contributed by atoms with van der Waals surface area (Å²) in [6.07, 6.45) is 4.91. The zero-order chi connectivity index (χ0) is 34.3. The van der Waals surface area contributed by atoms with Gasteiger partial charge in [-0.1, -0.05) is 18.2 Å². The smallest absolute Gasteiger partial charge is 0.252 e. The van der Waals surface area contributed by atoms with Crippen molar-refractivity contribution in [2.45, 2.75) is 44.3 Å². The number of nitrogens with two attached hydrogens (primary N) is 1. The van der Waals surface area contributed by atoms with Gasteiger partial charge in [-0.25, -0.2) is 0 Å². The molecule has 15 nitrogen and oxygen atoms in total. The molecule has 4 rings (SSSR count). The van der Waals surface area contributed by atoms with Crippen LogP contribution in [0.15, 0.2) is 59.2 Å². The molecule has 3 heterocycles. The van der Waals surface area contributed by atoms with E-state index in [1.54, 1.807) is 36.4 Å². The van der Waals surface area contributed by atoms with Crippen molar-refractivity contribution < 1.29 is 37.9 Å². The molecule has 258 valence electrons. The minimum atomic E-state index is -1.03. The Morgan fingerprint density at radius 1 is 0.979 bits per heavy atom. The number of carbonyl (C=O) groups excluding carboxylic acids is 6. The number of fused-ring (bicyclic) bond motifs is 3. The number of hydrogen-bond acceptors (Lipinski definition) is 9. The number of nitrogens with zero attached hydrogens (tertiary/aromatic N) is 1. The Morgan fingerprint density at radius 2 is 1.81 bits per heavy atom. The fourth-order valence-electron chi connectivity index (χ4n) is 5.43. The molecule has 0 aliphatic carbocycles. The first-order valence-corrected chi connectivity index (χ1v) is 16.0. The van der Waals surface area contributed by atoms with Crippen molar-refractivity contribution in [2.24, 2.45) is 11.7 Å². The van der Waals surface area contributed by atoms with Crippen LogP contribution in [0.5, 0.6) is 0 Å². The van der Waals surface area contributed by atoms with Gasteiger partial charge in [-0.2, -0.15) is 0 Å². The standard InChI is InChI=1S/C33H43N7O8/c34-12-17-47-18-14-36-32(45)26-11-13-35-28(41)9-10-29(42)40-15-3-6-23(21-40)30(43)39-27(19-24-7-4-16-48-24)33(46)37-20-22-5-1-2-8-25(22)31(44)38-26/h1-2,4-5,7-10,16,23,26-27H,3,6,11-15,17-21,34H2,(H,35,41)(H,36,45)(H,37,46)(H,38,44)(H,39,43)/b10-9+/t23-,26+,27+/m1/s1. The lowest BCUT2D eigenvalue weighted by molar-refractivity contribution is -0.135. The number of furan rings is 1. The Morgan fingerprint density at radius 3 is 2.60 bits per heavy atom. The molecule has 3 atom stereocenters. The summed E-state index contributed by atoms with van der Waals surface area (Å²) >= 11 is 0. The molecule has 0 unspecified atom stereocenters. The van der Waals surface area contributed by atoms with Crippen LogP contribution in [0.25, 0.3) is 0 Å². The Hall–Kier alpha value is -5.02. The SMILES string of the molecule is NCCOCCNC(=O)[C@@H]1CCNC(=O)/C=C/C(=O)N2CCC[C@H](C2)C(=O)N[C@@H](Cc2ccco2)C(=O)NCc2ccccc2C(=O)N1. The summed E-state index contributed by atoms with van der Waals surface area (Å²) in [7, 11) is 0. The molecule has 15 heteroatoms. The third-order valence-electron chi connectivity index (χ3n) is 7.98. The normalized spacial score (nSPS) is 22.2. The van der Waals surface area contributed by atoms with E-state index < -0.39 is 47.5 Å². The molecule has 2 bridgehead atoms. The van der Waals surface area contributed by atoms with Gasteiger partial charge in [0.05, 0.1) is 25.4 Å². The number of rotatable bonds is 8. The Kier molecular flexibility index (Phi) is 13.7. The van der Waals surface area contributed by atoms with E-state index in [0.29, 0.717) is 43.9 Å². The van der Waals surface area contributed by atoms with Crippen molar-refractivity contribution in [1.29, 1.82) is 0 Å². The lowest BCUT2D eigenvalue weighted by Gasteiger charge is -2.32. The van der Waals surface area contributed by atoms with Crippen LogP contribution < -0.4 is 32.3 Å². The summed E-state index contributed by atoms with van der Waals surface area (Å²) in [4.78, 5) is 80.4. The zero-order valence-corrected chi connectivity index (χ0v) is 26.7. The monoisotopic (exact) mass is 665 g/mol. The van der Waals surface area contributed by atoms with E-state index in [2.05, 4.69) is 26.6 Å². The van der Waals surface area contributed by atoms with Gasteiger partial charge < -0.3 is 46.4 Å². The van der Waals surface area contributed by atoms with E-state index in [1.807, 2.05) is 0 Å². The van der Waals surface area contributed by atoms with Crippen molar-refractivity contribution in [3.8, 4) is 0 Å². The predicted octanol–water partition coefficient (Wildman–Crippen LogP) is -0.872. The predicted molar refractivity (Wildman–Crippen MR) is 173 cm³/mol. The second kappa shape index (κ2) is 18.4. The largest absolute Gasteiger partial charge is 0.469 e. The summed E-state index contributed by atoms with van der Waals surface area (Å²) in [6.45, 7) is 1.58. The van der Waals surface area contributed by atoms with Gasteiger partial charge in [0.15, 0.2) is 0 Å². The summed E-state index contributed by atoms with van der Waals surface area (Å²) in [5.41, 5.74) is 6.13. The molecule has 2 aliphatic heterocycles. The molecule has 1 aromatic heterocycles. The third-order valence-corrected chi connectivity index (χ3v) is 7.98. The molecule has 7 N–H and O–H groups in total. The molecule has 0 saturated carbocycles. The second-order valence-electron chi connectivity index (χ2n) is 11.5.